The topological polar surface area (TPSA) is 114 Å². The highest BCUT2D eigenvalue weighted by atomic mass is 16.6. The maximum absolute atomic E-state index is 9.89. The van der Waals surface area contributed by atoms with Gasteiger partial charge in [0.1, 0.15) is 40.9 Å². The van der Waals surface area contributed by atoms with Gasteiger partial charge in [-0.2, -0.15) is 15.5 Å². The van der Waals surface area contributed by atoms with Gasteiger partial charge in [0.2, 0.25) is 5.88 Å². The number of rotatable bonds is 10. The molecular weight excluding hydrogens is 392 g/mol. The van der Waals surface area contributed by atoms with Crippen molar-refractivity contribution in [2.45, 2.75) is 45.6 Å². The van der Waals surface area contributed by atoms with Crippen molar-refractivity contribution in [3.05, 3.63) is 35.4 Å². The Balaban J connectivity index is 1.91. The van der Waals surface area contributed by atoms with Gasteiger partial charge in [0.25, 0.3) is 0 Å². The predicted octanol–water partition coefficient (Wildman–Crippen LogP) is 4.45. The third kappa shape index (κ3) is 5.25. The van der Waals surface area contributed by atoms with Gasteiger partial charge in [0, 0.05) is 5.56 Å². The van der Waals surface area contributed by atoms with Crippen LogP contribution < -0.4 is 15.2 Å². The van der Waals surface area contributed by atoms with E-state index in [1.807, 2.05) is 24.3 Å². The molecular formula is C24H28N4O3. The Morgan fingerprint density at radius 1 is 1.16 bits per heavy atom. The van der Waals surface area contributed by atoms with Crippen molar-refractivity contribution in [2.24, 2.45) is 5.92 Å². The molecule has 1 aromatic heterocycles. The quantitative estimate of drug-likeness (QED) is 0.604. The largest absolute Gasteiger partial charge is 0.486 e. The van der Waals surface area contributed by atoms with Crippen LogP contribution in [0.4, 0.5) is 5.82 Å². The van der Waals surface area contributed by atoms with E-state index in [0.29, 0.717) is 42.6 Å². The second-order valence-electron chi connectivity index (χ2n) is 7.68. The molecule has 0 saturated carbocycles. The third-order valence-corrected chi connectivity index (χ3v) is 5.47. The Kier molecular flexibility index (Phi) is 7.70. The summed E-state index contributed by atoms with van der Waals surface area (Å²) in [6.45, 7) is 5.90. The van der Waals surface area contributed by atoms with Crippen LogP contribution in [0.3, 0.4) is 0 Å². The van der Waals surface area contributed by atoms with Gasteiger partial charge in [-0.25, -0.2) is 0 Å². The summed E-state index contributed by atoms with van der Waals surface area (Å²) in [6, 6.07) is 11.5. The molecule has 7 nitrogen and oxygen atoms in total. The van der Waals surface area contributed by atoms with E-state index < -0.39 is 0 Å². The van der Waals surface area contributed by atoms with Crippen LogP contribution in [0.15, 0.2) is 24.3 Å². The predicted molar refractivity (Wildman–Crippen MR) is 118 cm³/mol. The van der Waals surface area contributed by atoms with Crippen molar-refractivity contribution in [3.8, 4) is 34.9 Å². The number of hydrogen-bond donors (Lipinski definition) is 1. The summed E-state index contributed by atoms with van der Waals surface area (Å²) in [5.74, 6) is 1.31. The van der Waals surface area contributed by atoms with Crippen molar-refractivity contribution in [1.29, 1.82) is 10.5 Å². The van der Waals surface area contributed by atoms with E-state index >= 15 is 0 Å². The molecule has 0 aliphatic carbocycles. The molecule has 3 rings (SSSR count). The molecule has 1 fully saturated rings. The highest BCUT2D eigenvalue weighted by Gasteiger charge is 2.23. The van der Waals surface area contributed by atoms with Crippen LogP contribution in [0.25, 0.3) is 11.1 Å². The SMILES string of the molecule is CCCCC(CC)COc1nc(N)c(C#N)c(-c2ccc(OC3COC3)cc2)c1C#N. The first-order valence-corrected chi connectivity index (χ1v) is 10.7. The molecule has 1 aliphatic rings. The molecule has 2 aromatic rings. The summed E-state index contributed by atoms with van der Waals surface area (Å²) >= 11 is 0. The number of aromatic nitrogens is 1. The molecule has 1 aliphatic heterocycles. The fourth-order valence-corrected chi connectivity index (χ4v) is 3.46. The lowest BCUT2D eigenvalue weighted by Crippen LogP contribution is -2.38. The summed E-state index contributed by atoms with van der Waals surface area (Å²) in [4.78, 5) is 4.24. The van der Waals surface area contributed by atoms with E-state index in [1.54, 1.807) is 0 Å². The third-order valence-electron chi connectivity index (χ3n) is 5.47. The Morgan fingerprint density at radius 3 is 2.42 bits per heavy atom. The van der Waals surface area contributed by atoms with Gasteiger partial charge < -0.3 is 19.9 Å². The summed E-state index contributed by atoms with van der Waals surface area (Å²) < 4.78 is 16.9. The highest BCUT2D eigenvalue weighted by Crippen LogP contribution is 2.36. The number of benzene rings is 1. The first-order chi connectivity index (χ1) is 15.1. The molecule has 1 atom stereocenters. The Morgan fingerprint density at radius 2 is 1.87 bits per heavy atom. The average Bonchev–Trinajstić information content (AvgIpc) is 2.76. The maximum atomic E-state index is 9.89. The molecule has 1 aromatic carbocycles. The summed E-state index contributed by atoms with van der Waals surface area (Å²) in [5, 5.41) is 19.6. The number of nitrogen functional groups attached to an aromatic ring is 1. The van der Waals surface area contributed by atoms with Gasteiger partial charge in [-0.3, -0.25) is 0 Å². The van der Waals surface area contributed by atoms with E-state index in [2.05, 4.69) is 31.0 Å². The van der Waals surface area contributed by atoms with Crippen LogP contribution in [0.5, 0.6) is 11.6 Å². The second kappa shape index (κ2) is 10.7. The molecule has 2 N–H and O–H groups in total. The zero-order chi connectivity index (χ0) is 22.2. The van der Waals surface area contributed by atoms with Crippen molar-refractivity contribution >= 4 is 5.82 Å². The molecule has 1 saturated heterocycles. The molecule has 0 radical (unpaired) electrons. The first kappa shape index (κ1) is 22.4. The average molecular weight is 421 g/mol. The van der Waals surface area contributed by atoms with E-state index in [0.717, 1.165) is 25.7 Å². The van der Waals surface area contributed by atoms with Crippen LogP contribution >= 0.6 is 0 Å². The van der Waals surface area contributed by atoms with Gasteiger partial charge in [-0.15, -0.1) is 0 Å². The Bertz CT molecular complexity index is 972. The molecule has 0 bridgehead atoms. The normalized spacial score (nSPS) is 14.2. The fourth-order valence-electron chi connectivity index (χ4n) is 3.46. The summed E-state index contributed by atoms with van der Waals surface area (Å²) in [6.07, 6.45) is 4.35. The van der Waals surface area contributed by atoms with Gasteiger partial charge in [0.15, 0.2) is 0 Å². The van der Waals surface area contributed by atoms with E-state index in [-0.39, 0.29) is 28.9 Å². The minimum absolute atomic E-state index is 0.0556. The van der Waals surface area contributed by atoms with E-state index in [1.165, 1.54) is 0 Å². The minimum atomic E-state index is 0.0556. The van der Waals surface area contributed by atoms with Crippen molar-refractivity contribution in [1.82, 2.24) is 4.98 Å². The van der Waals surface area contributed by atoms with Crippen LogP contribution in [0.1, 0.15) is 50.7 Å². The van der Waals surface area contributed by atoms with Gasteiger partial charge in [-0.1, -0.05) is 45.2 Å². The van der Waals surface area contributed by atoms with E-state index in [9.17, 15) is 10.5 Å². The number of nitrogens with zero attached hydrogens (tertiary/aromatic N) is 3. The second-order valence-corrected chi connectivity index (χ2v) is 7.68. The molecule has 31 heavy (non-hydrogen) atoms. The van der Waals surface area contributed by atoms with Crippen LogP contribution in [-0.2, 0) is 4.74 Å². The number of pyridine rings is 1. The summed E-state index contributed by atoms with van der Waals surface area (Å²) in [5.41, 5.74) is 7.58. The Labute approximate surface area is 183 Å². The van der Waals surface area contributed by atoms with Crippen LogP contribution in [0.2, 0.25) is 0 Å². The van der Waals surface area contributed by atoms with E-state index in [4.69, 9.17) is 19.9 Å². The number of nitrogens with two attached hydrogens (primary N) is 1. The first-order valence-electron chi connectivity index (χ1n) is 10.7. The molecule has 0 spiro atoms. The smallest absolute Gasteiger partial charge is 0.234 e. The number of anilines is 1. The standard InChI is InChI=1S/C24H28N4O3/c1-3-5-6-16(4-2)13-30-24-21(12-26)22(20(11-25)23(27)28-24)17-7-9-18(10-8-17)31-19-14-29-15-19/h7-10,16,19H,3-6,13-15H2,1-2H3,(H2,27,28). The van der Waals surface area contributed by atoms with Crippen molar-refractivity contribution in [2.75, 3.05) is 25.6 Å². The monoisotopic (exact) mass is 420 g/mol. The lowest BCUT2D eigenvalue weighted by Gasteiger charge is -2.26. The van der Waals surface area contributed by atoms with Gasteiger partial charge >= 0.3 is 0 Å². The molecule has 1 unspecified atom stereocenters. The molecule has 7 heteroatoms. The Hall–Kier alpha value is -3.29. The molecule has 2 heterocycles. The number of hydrogen-bond acceptors (Lipinski definition) is 7. The van der Waals surface area contributed by atoms with Gasteiger partial charge in [0.05, 0.1) is 19.8 Å². The summed E-state index contributed by atoms with van der Waals surface area (Å²) in [7, 11) is 0. The molecule has 0 amide bonds. The maximum Gasteiger partial charge on any atom is 0.234 e. The highest BCUT2D eigenvalue weighted by molar-refractivity contribution is 5.82. The fraction of sp³-hybridized carbons (Fsp3) is 0.458. The lowest BCUT2D eigenvalue weighted by atomic mass is 9.96. The lowest BCUT2D eigenvalue weighted by molar-refractivity contribution is -0.0796. The van der Waals surface area contributed by atoms with Crippen LogP contribution in [-0.4, -0.2) is 30.9 Å². The van der Waals surface area contributed by atoms with Crippen molar-refractivity contribution in [3.63, 3.8) is 0 Å². The zero-order valence-electron chi connectivity index (χ0n) is 18.1. The number of nitriles is 2. The van der Waals surface area contributed by atoms with Gasteiger partial charge in [-0.05, 0) is 30.0 Å². The zero-order valence-corrected chi connectivity index (χ0v) is 18.1. The molecule has 162 valence electrons. The number of ether oxygens (including phenoxy) is 3. The van der Waals surface area contributed by atoms with Crippen LogP contribution in [0, 0.1) is 28.6 Å². The minimum Gasteiger partial charge on any atom is -0.486 e. The number of unbranched alkanes of at least 4 members (excludes halogenated alkanes) is 1. The van der Waals surface area contributed by atoms with Crippen molar-refractivity contribution < 1.29 is 14.2 Å².